The topological polar surface area (TPSA) is 52.0 Å². The van der Waals surface area contributed by atoms with Gasteiger partial charge in [0.15, 0.2) is 0 Å². The molecule has 2 nitrogen and oxygen atoms in total. The van der Waals surface area contributed by atoms with E-state index < -0.39 is 0 Å². The van der Waals surface area contributed by atoms with Crippen molar-refractivity contribution >= 4 is 0 Å². The second-order valence-electron chi connectivity index (χ2n) is 3.55. The second kappa shape index (κ2) is 3.94. The summed E-state index contributed by atoms with van der Waals surface area (Å²) in [4.78, 5) is 0. The zero-order chi connectivity index (χ0) is 8.20. The van der Waals surface area contributed by atoms with Crippen LogP contribution in [0.25, 0.3) is 0 Å². The normalized spacial score (nSPS) is 20.1. The minimum absolute atomic E-state index is 0.0151. The lowest BCUT2D eigenvalue weighted by atomic mass is 9.89. The van der Waals surface area contributed by atoms with E-state index in [1.807, 2.05) is 0 Å². The first-order valence-corrected chi connectivity index (χ1v) is 4.00. The molecular formula is C8H20N2. The molecule has 0 aliphatic carbocycles. The van der Waals surface area contributed by atoms with E-state index in [1.54, 1.807) is 0 Å². The Bertz CT molecular complexity index is 89.3. The van der Waals surface area contributed by atoms with Crippen LogP contribution in [0.4, 0.5) is 0 Å². The van der Waals surface area contributed by atoms with Crippen LogP contribution < -0.4 is 11.5 Å². The minimum Gasteiger partial charge on any atom is -0.330 e. The minimum atomic E-state index is -0.0151. The Morgan fingerprint density at radius 3 is 2.30 bits per heavy atom. The molecule has 0 spiro atoms. The van der Waals surface area contributed by atoms with Crippen molar-refractivity contribution in [1.82, 2.24) is 0 Å². The summed E-state index contributed by atoms with van der Waals surface area (Å²) in [6.07, 6.45) is 2.05. The van der Waals surface area contributed by atoms with Gasteiger partial charge in [-0.3, -0.25) is 0 Å². The Morgan fingerprint density at radius 1 is 1.50 bits per heavy atom. The van der Waals surface area contributed by atoms with E-state index >= 15 is 0 Å². The lowest BCUT2D eigenvalue weighted by Gasteiger charge is -2.25. The van der Waals surface area contributed by atoms with Crippen molar-refractivity contribution in [2.45, 2.75) is 39.2 Å². The molecule has 0 radical (unpaired) electrons. The smallest absolute Gasteiger partial charge is 0.0126 e. The quantitative estimate of drug-likeness (QED) is 0.620. The highest BCUT2D eigenvalue weighted by Crippen LogP contribution is 2.15. The SMILES string of the molecule is CCC(C)(N)CC(C)CN. The van der Waals surface area contributed by atoms with Crippen LogP contribution in [-0.2, 0) is 0 Å². The fourth-order valence-corrected chi connectivity index (χ4v) is 1.02. The molecule has 0 rings (SSSR count). The van der Waals surface area contributed by atoms with E-state index in [1.165, 1.54) is 0 Å². The van der Waals surface area contributed by atoms with Gasteiger partial charge in [-0.1, -0.05) is 13.8 Å². The fraction of sp³-hybridized carbons (Fsp3) is 1.00. The Hall–Kier alpha value is -0.0800. The van der Waals surface area contributed by atoms with Crippen LogP contribution in [0.5, 0.6) is 0 Å². The molecule has 2 unspecified atom stereocenters. The molecule has 0 saturated carbocycles. The van der Waals surface area contributed by atoms with Gasteiger partial charge in [0.25, 0.3) is 0 Å². The van der Waals surface area contributed by atoms with Crippen molar-refractivity contribution in [1.29, 1.82) is 0 Å². The largest absolute Gasteiger partial charge is 0.330 e. The Balaban J connectivity index is 3.64. The van der Waals surface area contributed by atoms with E-state index in [0.717, 1.165) is 19.4 Å². The molecule has 2 heteroatoms. The Kier molecular flexibility index (Phi) is 3.91. The molecule has 62 valence electrons. The summed E-state index contributed by atoms with van der Waals surface area (Å²) in [5.74, 6) is 0.551. The van der Waals surface area contributed by atoms with E-state index in [9.17, 15) is 0 Å². The number of hydrogen-bond donors (Lipinski definition) is 2. The lowest BCUT2D eigenvalue weighted by molar-refractivity contribution is 0.349. The van der Waals surface area contributed by atoms with Crippen LogP contribution in [0.2, 0.25) is 0 Å². The highest BCUT2D eigenvalue weighted by molar-refractivity contribution is 4.78. The summed E-state index contributed by atoms with van der Waals surface area (Å²) in [6.45, 7) is 7.08. The van der Waals surface area contributed by atoms with Gasteiger partial charge < -0.3 is 11.5 Å². The first-order valence-electron chi connectivity index (χ1n) is 4.00. The third-order valence-corrected chi connectivity index (χ3v) is 2.02. The van der Waals surface area contributed by atoms with Crippen molar-refractivity contribution < 1.29 is 0 Å². The third kappa shape index (κ3) is 3.85. The van der Waals surface area contributed by atoms with Crippen LogP contribution in [0.15, 0.2) is 0 Å². The molecule has 0 fully saturated rings. The number of hydrogen-bond acceptors (Lipinski definition) is 2. The van der Waals surface area contributed by atoms with Crippen LogP contribution in [0, 0.1) is 5.92 Å². The van der Waals surface area contributed by atoms with Crippen molar-refractivity contribution in [3.05, 3.63) is 0 Å². The molecule has 0 heterocycles. The van der Waals surface area contributed by atoms with Crippen LogP contribution in [-0.4, -0.2) is 12.1 Å². The molecule has 0 aromatic carbocycles. The zero-order valence-corrected chi connectivity index (χ0v) is 7.35. The predicted molar refractivity (Wildman–Crippen MR) is 45.7 cm³/mol. The summed E-state index contributed by atoms with van der Waals surface area (Å²) >= 11 is 0. The Labute approximate surface area is 64.0 Å². The van der Waals surface area contributed by atoms with Gasteiger partial charge in [-0.05, 0) is 32.2 Å². The number of rotatable bonds is 4. The highest BCUT2D eigenvalue weighted by atomic mass is 14.7. The second-order valence-corrected chi connectivity index (χ2v) is 3.55. The van der Waals surface area contributed by atoms with Gasteiger partial charge in [0, 0.05) is 5.54 Å². The molecular weight excluding hydrogens is 124 g/mol. The monoisotopic (exact) mass is 144 g/mol. The highest BCUT2D eigenvalue weighted by Gasteiger charge is 2.17. The van der Waals surface area contributed by atoms with Crippen LogP contribution >= 0.6 is 0 Å². The zero-order valence-electron chi connectivity index (χ0n) is 7.35. The summed E-state index contributed by atoms with van der Waals surface area (Å²) < 4.78 is 0. The van der Waals surface area contributed by atoms with Gasteiger partial charge in [0.1, 0.15) is 0 Å². The summed E-state index contributed by atoms with van der Waals surface area (Å²) in [5, 5.41) is 0. The molecule has 4 N–H and O–H groups in total. The average Bonchev–Trinajstić information content (AvgIpc) is 1.87. The van der Waals surface area contributed by atoms with E-state index in [4.69, 9.17) is 11.5 Å². The van der Waals surface area contributed by atoms with E-state index in [0.29, 0.717) is 5.92 Å². The maximum atomic E-state index is 5.94. The fourth-order valence-electron chi connectivity index (χ4n) is 1.02. The van der Waals surface area contributed by atoms with Crippen molar-refractivity contribution in [2.24, 2.45) is 17.4 Å². The average molecular weight is 144 g/mol. The first kappa shape index (κ1) is 9.92. The molecule has 0 saturated heterocycles. The van der Waals surface area contributed by atoms with Gasteiger partial charge in [-0.15, -0.1) is 0 Å². The molecule has 0 aromatic rings. The van der Waals surface area contributed by atoms with Crippen molar-refractivity contribution in [3.63, 3.8) is 0 Å². The standard InChI is InChI=1S/C8H20N2/c1-4-8(3,10)5-7(2)6-9/h7H,4-6,9-10H2,1-3H3. The van der Waals surface area contributed by atoms with E-state index in [-0.39, 0.29) is 5.54 Å². The van der Waals surface area contributed by atoms with E-state index in [2.05, 4.69) is 20.8 Å². The van der Waals surface area contributed by atoms with Crippen LogP contribution in [0.3, 0.4) is 0 Å². The molecule has 0 bridgehead atoms. The molecule has 0 aliphatic heterocycles. The third-order valence-electron chi connectivity index (χ3n) is 2.02. The summed E-state index contributed by atoms with van der Waals surface area (Å²) in [7, 11) is 0. The predicted octanol–water partition coefficient (Wildman–Crippen LogP) is 1.10. The van der Waals surface area contributed by atoms with Gasteiger partial charge in [0.05, 0.1) is 0 Å². The maximum Gasteiger partial charge on any atom is 0.0126 e. The van der Waals surface area contributed by atoms with Crippen LogP contribution in [0.1, 0.15) is 33.6 Å². The van der Waals surface area contributed by atoms with Crippen molar-refractivity contribution in [3.8, 4) is 0 Å². The molecule has 0 aliphatic rings. The van der Waals surface area contributed by atoms with Crippen molar-refractivity contribution in [2.75, 3.05) is 6.54 Å². The molecule has 0 aromatic heterocycles. The lowest BCUT2D eigenvalue weighted by Crippen LogP contribution is -2.38. The Morgan fingerprint density at radius 2 is 2.00 bits per heavy atom. The summed E-state index contributed by atoms with van der Waals surface area (Å²) in [6, 6.07) is 0. The molecule has 10 heavy (non-hydrogen) atoms. The first-order chi connectivity index (χ1) is 4.52. The van der Waals surface area contributed by atoms with Gasteiger partial charge >= 0.3 is 0 Å². The van der Waals surface area contributed by atoms with Gasteiger partial charge in [0.2, 0.25) is 0 Å². The molecule has 0 amide bonds. The number of nitrogens with two attached hydrogens (primary N) is 2. The van der Waals surface area contributed by atoms with Gasteiger partial charge in [-0.2, -0.15) is 0 Å². The summed E-state index contributed by atoms with van der Waals surface area (Å²) in [5.41, 5.74) is 11.4. The molecule has 2 atom stereocenters. The maximum absolute atomic E-state index is 5.94. The van der Waals surface area contributed by atoms with Gasteiger partial charge in [-0.25, -0.2) is 0 Å².